The molecule has 4 nitrogen and oxygen atoms in total. The first-order chi connectivity index (χ1) is 14.7. The average molecular weight is 416 g/mol. The molecule has 0 spiro atoms. The Labute approximate surface area is 178 Å². The number of hydrogen-bond donors (Lipinski definition) is 1. The van der Waals surface area contributed by atoms with Crippen molar-refractivity contribution in [2.24, 2.45) is 0 Å². The summed E-state index contributed by atoms with van der Waals surface area (Å²) in [4.78, 5) is 25.4. The SMILES string of the molecule is O=C(CCC(=O)OC1=C/C=C\C=c2\ccc3ccccc3\c2=C\1)NCc1cccs1. The standard InChI is InChI=1S/C25H21NO3S/c27-24(26-17-21-9-5-15-30-21)13-14-25(28)29-20-8-3-1-7-19-12-11-18-6-2-4-10-22(18)23(19)16-20/h1-12,15-16H,13-14,17H2,(H,26,27)/b3-1-,7-1?,8-3?,19-7-,20-8+,20-16?,23-16+. The smallest absolute Gasteiger partial charge is 0.311 e. The minimum atomic E-state index is -0.427. The summed E-state index contributed by atoms with van der Waals surface area (Å²) in [7, 11) is 0. The molecule has 0 saturated carbocycles. The quantitative estimate of drug-likeness (QED) is 0.627. The van der Waals surface area contributed by atoms with Crippen LogP contribution in [0.1, 0.15) is 17.7 Å². The Morgan fingerprint density at radius 1 is 0.933 bits per heavy atom. The summed E-state index contributed by atoms with van der Waals surface area (Å²) in [5.41, 5.74) is 0. The van der Waals surface area contributed by atoms with Gasteiger partial charge in [-0.25, -0.2) is 0 Å². The fraction of sp³-hybridized carbons (Fsp3) is 0.120. The molecule has 1 heterocycles. The Bertz CT molecular complexity index is 1250. The molecule has 0 fully saturated rings. The highest BCUT2D eigenvalue weighted by atomic mass is 32.1. The Hall–Kier alpha value is -3.44. The Morgan fingerprint density at radius 2 is 1.80 bits per heavy atom. The zero-order chi connectivity index (χ0) is 20.8. The number of amides is 1. The molecule has 0 radical (unpaired) electrons. The maximum absolute atomic E-state index is 12.3. The molecule has 2 aromatic carbocycles. The molecule has 0 saturated heterocycles. The van der Waals surface area contributed by atoms with Gasteiger partial charge in [0.25, 0.3) is 0 Å². The van der Waals surface area contributed by atoms with Gasteiger partial charge in [-0.3, -0.25) is 9.59 Å². The molecule has 1 N–H and O–H groups in total. The van der Waals surface area contributed by atoms with E-state index in [0.717, 1.165) is 26.1 Å². The largest absolute Gasteiger partial charge is 0.426 e. The number of ether oxygens (including phenoxy) is 1. The lowest BCUT2D eigenvalue weighted by atomic mass is 10.0. The van der Waals surface area contributed by atoms with E-state index in [4.69, 9.17) is 4.74 Å². The van der Waals surface area contributed by atoms with Gasteiger partial charge in [-0.15, -0.1) is 11.3 Å². The summed E-state index contributed by atoms with van der Waals surface area (Å²) in [5, 5.41) is 9.06. The van der Waals surface area contributed by atoms with Crippen LogP contribution in [0.25, 0.3) is 22.9 Å². The summed E-state index contributed by atoms with van der Waals surface area (Å²) < 4.78 is 5.56. The fourth-order valence-corrected chi connectivity index (χ4v) is 3.91. The van der Waals surface area contributed by atoms with Crippen molar-refractivity contribution in [3.05, 3.63) is 93.2 Å². The second-order valence-corrected chi connectivity index (χ2v) is 7.92. The monoisotopic (exact) mass is 415 g/mol. The Morgan fingerprint density at radius 3 is 2.67 bits per heavy atom. The van der Waals surface area contributed by atoms with Gasteiger partial charge in [0.2, 0.25) is 5.91 Å². The van der Waals surface area contributed by atoms with E-state index in [-0.39, 0.29) is 18.7 Å². The lowest BCUT2D eigenvalue weighted by Gasteiger charge is -2.07. The van der Waals surface area contributed by atoms with Gasteiger partial charge in [-0.2, -0.15) is 0 Å². The third-order valence-corrected chi connectivity index (χ3v) is 5.64. The lowest BCUT2D eigenvalue weighted by Crippen LogP contribution is -2.26. The molecule has 1 aliphatic carbocycles. The van der Waals surface area contributed by atoms with Crippen LogP contribution in [0, 0.1) is 0 Å². The second-order valence-electron chi connectivity index (χ2n) is 6.88. The first-order valence-corrected chi connectivity index (χ1v) is 10.6. The molecule has 0 aliphatic heterocycles. The molecule has 4 rings (SSSR count). The minimum absolute atomic E-state index is 0.0275. The van der Waals surface area contributed by atoms with E-state index in [1.54, 1.807) is 17.4 Å². The van der Waals surface area contributed by atoms with Crippen LogP contribution in [0.2, 0.25) is 0 Å². The van der Waals surface area contributed by atoms with Crippen molar-refractivity contribution in [1.82, 2.24) is 5.32 Å². The number of carbonyl (C=O) groups excluding carboxylic acids is 2. The molecule has 150 valence electrons. The van der Waals surface area contributed by atoms with Crippen LogP contribution < -0.4 is 15.8 Å². The van der Waals surface area contributed by atoms with Crippen molar-refractivity contribution in [2.45, 2.75) is 19.4 Å². The van der Waals surface area contributed by atoms with Gasteiger partial charge in [-0.05, 0) is 44.8 Å². The topological polar surface area (TPSA) is 55.4 Å². The van der Waals surface area contributed by atoms with Crippen LogP contribution in [0.4, 0.5) is 0 Å². The van der Waals surface area contributed by atoms with Gasteiger partial charge in [0, 0.05) is 11.3 Å². The van der Waals surface area contributed by atoms with E-state index in [1.807, 2.05) is 53.9 Å². The number of fused-ring (bicyclic) bond motifs is 3. The molecule has 0 bridgehead atoms. The lowest BCUT2D eigenvalue weighted by molar-refractivity contribution is -0.140. The van der Waals surface area contributed by atoms with Crippen LogP contribution in [0.15, 0.2) is 77.9 Å². The predicted octanol–water partition coefficient (Wildman–Crippen LogP) is 3.56. The number of hydrogen-bond acceptors (Lipinski definition) is 4. The highest BCUT2D eigenvalue weighted by Crippen LogP contribution is 2.11. The zero-order valence-electron chi connectivity index (χ0n) is 16.3. The van der Waals surface area contributed by atoms with E-state index in [2.05, 4.69) is 29.6 Å². The van der Waals surface area contributed by atoms with Gasteiger partial charge in [0.1, 0.15) is 5.76 Å². The van der Waals surface area contributed by atoms with Crippen LogP contribution >= 0.6 is 11.3 Å². The number of rotatable bonds is 6. The molecule has 0 unspecified atom stereocenters. The van der Waals surface area contributed by atoms with Crippen LogP contribution in [-0.2, 0) is 20.9 Å². The average Bonchev–Trinajstić information content (AvgIpc) is 3.26. The normalized spacial score (nSPS) is 17.7. The summed E-state index contributed by atoms with van der Waals surface area (Å²) in [6, 6.07) is 16.2. The maximum atomic E-state index is 12.3. The molecule has 1 aliphatic rings. The molecule has 30 heavy (non-hydrogen) atoms. The van der Waals surface area contributed by atoms with Crippen LogP contribution in [-0.4, -0.2) is 11.9 Å². The van der Waals surface area contributed by atoms with Crippen molar-refractivity contribution in [1.29, 1.82) is 0 Å². The molecule has 1 amide bonds. The number of thiophene rings is 1. The molecular weight excluding hydrogens is 394 g/mol. The summed E-state index contributed by atoms with van der Waals surface area (Å²) in [5.74, 6) is -0.133. The van der Waals surface area contributed by atoms with Crippen molar-refractivity contribution in [3.8, 4) is 0 Å². The van der Waals surface area contributed by atoms with E-state index >= 15 is 0 Å². The summed E-state index contributed by atoms with van der Waals surface area (Å²) in [6.45, 7) is 0.482. The minimum Gasteiger partial charge on any atom is -0.426 e. The number of nitrogens with one attached hydrogen (secondary N) is 1. The summed E-state index contributed by atoms with van der Waals surface area (Å²) >= 11 is 1.58. The van der Waals surface area contributed by atoms with Crippen molar-refractivity contribution in [2.75, 3.05) is 0 Å². The van der Waals surface area contributed by atoms with Crippen molar-refractivity contribution < 1.29 is 14.3 Å². The second kappa shape index (κ2) is 9.37. The molecule has 3 aromatic rings. The highest BCUT2D eigenvalue weighted by molar-refractivity contribution is 7.09. The molecule has 0 atom stereocenters. The zero-order valence-corrected chi connectivity index (χ0v) is 17.2. The van der Waals surface area contributed by atoms with Gasteiger partial charge < -0.3 is 10.1 Å². The first kappa shape index (κ1) is 19.9. The number of allylic oxidation sites excluding steroid dienone is 4. The number of esters is 1. The van der Waals surface area contributed by atoms with Gasteiger partial charge >= 0.3 is 5.97 Å². The van der Waals surface area contributed by atoms with Crippen LogP contribution in [0.5, 0.6) is 0 Å². The highest BCUT2D eigenvalue weighted by Gasteiger charge is 2.10. The fourth-order valence-electron chi connectivity index (χ4n) is 3.27. The summed E-state index contributed by atoms with van der Waals surface area (Å²) in [6.07, 6.45) is 9.56. The van der Waals surface area contributed by atoms with E-state index < -0.39 is 5.97 Å². The van der Waals surface area contributed by atoms with Gasteiger partial charge in [-0.1, -0.05) is 60.7 Å². The maximum Gasteiger partial charge on any atom is 0.311 e. The molecule has 1 aromatic heterocycles. The first-order valence-electron chi connectivity index (χ1n) is 9.77. The predicted molar refractivity (Wildman–Crippen MR) is 121 cm³/mol. The number of benzene rings is 2. The third-order valence-electron chi connectivity index (χ3n) is 4.77. The number of carbonyl (C=O) groups is 2. The van der Waals surface area contributed by atoms with Crippen LogP contribution in [0.3, 0.4) is 0 Å². The molecule has 5 heteroatoms. The Kier molecular flexibility index (Phi) is 6.20. The Balaban J connectivity index is 1.44. The van der Waals surface area contributed by atoms with Gasteiger partial charge in [0.15, 0.2) is 0 Å². The van der Waals surface area contributed by atoms with E-state index in [0.29, 0.717) is 12.3 Å². The van der Waals surface area contributed by atoms with Crippen molar-refractivity contribution >= 4 is 46.1 Å². The third kappa shape index (κ3) is 4.93. The van der Waals surface area contributed by atoms with Crippen molar-refractivity contribution in [3.63, 3.8) is 0 Å². The van der Waals surface area contributed by atoms with E-state index in [1.165, 1.54) is 0 Å². The van der Waals surface area contributed by atoms with E-state index in [9.17, 15) is 9.59 Å². The van der Waals surface area contributed by atoms with Gasteiger partial charge in [0.05, 0.1) is 13.0 Å². The molecular formula is C25H21NO3S.